The quantitative estimate of drug-likeness (QED) is 0.659. The molecule has 90 valence electrons. The molecule has 0 aliphatic rings. The number of halogens is 1. The van der Waals surface area contributed by atoms with Gasteiger partial charge in [0, 0.05) is 11.3 Å². The van der Waals surface area contributed by atoms with Gasteiger partial charge in [-0.1, -0.05) is 17.7 Å². The van der Waals surface area contributed by atoms with Crippen molar-refractivity contribution in [2.45, 2.75) is 6.92 Å². The van der Waals surface area contributed by atoms with E-state index in [0.29, 0.717) is 22.2 Å². The summed E-state index contributed by atoms with van der Waals surface area (Å²) in [6.45, 7) is 1.93. The van der Waals surface area contributed by atoms with Crippen LogP contribution in [0.2, 0.25) is 5.02 Å². The molecule has 3 N–H and O–H groups in total. The maximum Gasteiger partial charge on any atom is 0.178 e. The lowest BCUT2D eigenvalue weighted by atomic mass is 10.2. The first-order chi connectivity index (χ1) is 8.65. The minimum atomic E-state index is 0.523. The number of aryl methyl sites for hydroxylation is 1. The first-order valence-corrected chi connectivity index (χ1v) is 5.90. The molecule has 0 amide bonds. The lowest BCUT2D eigenvalue weighted by Gasteiger charge is -2.03. The number of nitrogens with one attached hydrogen (secondary N) is 1. The molecule has 0 saturated carbocycles. The Bertz CT molecular complexity index is 733. The molecule has 0 unspecified atom stereocenters. The van der Waals surface area contributed by atoms with Crippen molar-refractivity contribution in [1.29, 1.82) is 0 Å². The van der Waals surface area contributed by atoms with Crippen LogP contribution in [0.4, 0.5) is 5.69 Å². The third kappa shape index (κ3) is 1.71. The summed E-state index contributed by atoms with van der Waals surface area (Å²) in [5, 5.41) is 0.525. The lowest BCUT2D eigenvalue weighted by Crippen LogP contribution is -1.92. The smallest absolute Gasteiger partial charge is 0.178 e. The van der Waals surface area contributed by atoms with Gasteiger partial charge in [-0.25, -0.2) is 9.97 Å². The Kier molecular flexibility index (Phi) is 2.45. The SMILES string of the molecule is Cc1ccc2[nH]c(-c3cccc(Cl)c3N)nc2n1. The molecular formula is C13H11ClN4. The molecule has 18 heavy (non-hydrogen) atoms. The van der Waals surface area contributed by atoms with Crippen molar-refractivity contribution in [3.63, 3.8) is 0 Å². The van der Waals surface area contributed by atoms with E-state index in [4.69, 9.17) is 17.3 Å². The van der Waals surface area contributed by atoms with Gasteiger partial charge >= 0.3 is 0 Å². The van der Waals surface area contributed by atoms with Crippen LogP contribution in [0.1, 0.15) is 5.69 Å². The van der Waals surface area contributed by atoms with Gasteiger partial charge in [0.2, 0.25) is 0 Å². The lowest BCUT2D eigenvalue weighted by molar-refractivity contribution is 1.22. The van der Waals surface area contributed by atoms with Gasteiger partial charge < -0.3 is 10.7 Å². The fourth-order valence-electron chi connectivity index (χ4n) is 1.86. The summed E-state index contributed by atoms with van der Waals surface area (Å²) in [5.74, 6) is 0.683. The predicted octanol–water partition coefficient (Wildman–Crippen LogP) is 3.17. The molecule has 4 nitrogen and oxygen atoms in total. The molecule has 0 fully saturated rings. The largest absolute Gasteiger partial charge is 0.397 e. The van der Waals surface area contributed by atoms with Crippen molar-refractivity contribution in [2.24, 2.45) is 0 Å². The Labute approximate surface area is 109 Å². The fourth-order valence-corrected chi connectivity index (χ4v) is 2.03. The average Bonchev–Trinajstić information content (AvgIpc) is 2.75. The predicted molar refractivity (Wildman–Crippen MR) is 73.5 cm³/mol. The van der Waals surface area contributed by atoms with Crippen LogP contribution in [0.5, 0.6) is 0 Å². The minimum absolute atomic E-state index is 0.523. The molecule has 0 aliphatic heterocycles. The highest BCUT2D eigenvalue weighted by atomic mass is 35.5. The third-order valence-electron chi connectivity index (χ3n) is 2.79. The second-order valence-electron chi connectivity index (χ2n) is 4.11. The number of anilines is 1. The van der Waals surface area contributed by atoms with E-state index in [9.17, 15) is 0 Å². The van der Waals surface area contributed by atoms with E-state index in [2.05, 4.69) is 15.0 Å². The van der Waals surface area contributed by atoms with Gasteiger partial charge in [-0.15, -0.1) is 0 Å². The normalized spacial score (nSPS) is 11.0. The molecule has 3 rings (SSSR count). The van der Waals surface area contributed by atoms with Gasteiger partial charge in [0.1, 0.15) is 5.82 Å². The van der Waals surface area contributed by atoms with Crippen LogP contribution >= 0.6 is 11.6 Å². The van der Waals surface area contributed by atoms with Crippen molar-refractivity contribution in [3.8, 4) is 11.4 Å². The summed E-state index contributed by atoms with van der Waals surface area (Å²) in [6.07, 6.45) is 0. The van der Waals surface area contributed by atoms with Gasteiger partial charge in [-0.05, 0) is 31.2 Å². The van der Waals surface area contributed by atoms with Crippen LogP contribution in [0.3, 0.4) is 0 Å². The van der Waals surface area contributed by atoms with Gasteiger partial charge in [-0.3, -0.25) is 0 Å². The van der Waals surface area contributed by atoms with Crippen LogP contribution < -0.4 is 5.73 Å². The zero-order valence-corrected chi connectivity index (χ0v) is 10.5. The molecule has 0 aliphatic carbocycles. The number of H-pyrrole nitrogens is 1. The number of rotatable bonds is 1. The third-order valence-corrected chi connectivity index (χ3v) is 3.12. The molecule has 0 radical (unpaired) electrons. The molecule has 3 aromatic rings. The average molecular weight is 259 g/mol. The molecule has 2 heterocycles. The maximum atomic E-state index is 6.01. The number of hydrogen-bond acceptors (Lipinski definition) is 3. The highest BCUT2D eigenvalue weighted by Crippen LogP contribution is 2.30. The molecular weight excluding hydrogens is 248 g/mol. The fraction of sp³-hybridized carbons (Fsp3) is 0.0769. The summed E-state index contributed by atoms with van der Waals surface area (Å²) in [7, 11) is 0. The number of pyridine rings is 1. The number of nitrogens with zero attached hydrogens (tertiary/aromatic N) is 2. The van der Waals surface area contributed by atoms with Gasteiger partial charge in [0.05, 0.1) is 16.2 Å². The summed E-state index contributed by atoms with van der Waals surface area (Å²) >= 11 is 6.01. The number of hydrogen-bond donors (Lipinski definition) is 2. The molecule has 2 aromatic heterocycles. The molecule has 1 aromatic carbocycles. The van der Waals surface area contributed by atoms with E-state index in [0.717, 1.165) is 16.8 Å². The zero-order valence-electron chi connectivity index (χ0n) is 9.74. The Morgan fingerprint density at radius 2 is 2.00 bits per heavy atom. The number of benzene rings is 1. The topological polar surface area (TPSA) is 67.6 Å². The molecule has 0 saturated heterocycles. The number of para-hydroxylation sites is 1. The first-order valence-electron chi connectivity index (χ1n) is 5.53. The molecule has 0 spiro atoms. The first kappa shape index (κ1) is 11.0. The Balaban J connectivity index is 2.22. The molecule has 0 atom stereocenters. The van der Waals surface area contributed by atoms with Gasteiger partial charge in [0.15, 0.2) is 5.65 Å². The zero-order chi connectivity index (χ0) is 12.7. The Hall–Kier alpha value is -2.07. The van der Waals surface area contributed by atoms with Crippen LogP contribution in [-0.2, 0) is 0 Å². The number of nitrogens with two attached hydrogens (primary N) is 1. The monoisotopic (exact) mass is 258 g/mol. The summed E-state index contributed by atoms with van der Waals surface area (Å²) < 4.78 is 0. The minimum Gasteiger partial charge on any atom is -0.397 e. The van der Waals surface area contributed by atoms with E-state index in [1.54, 1.807) is 6.07 Å². The van der Waals surface area contributed by atoms with Crippen molar-refractivity contribution in [2.75, 3.05) is 5.73 Å². The van der Waals surface area contributed by atoms with Crippen molar-refractivity contribution >= 4 is 28.5 Å². The van der Waals surface area contributed by atoms with E-state index in [1.165, 1.54) is 0 Å². The van der Waals surface area contributed by atoms with Crippen molar-refractivity contribution in [1.82, 2.24) is 15.0 Å². The summed E-state index contributed by atoms with van der Waals surface area (Å²) in [4.78, 5) is 12.0. The van der Waals surface area contributed by atoms with Crippen LogP contribution in [0.15, 0.2) is 30.3 Å². The Morgan fingerprint density at radius 3 is 2.83 bits per heavy atom. The highest BCUT2D eigenvalue weighted by molar-refractivity contribution is 6.33. The molecule has 0 bridgehead atoms. The van der Waals surface area contributed by atoms with E-state index >= 15 is 0 Å². The van der Waals surface area contributed by atoms with Crippen LogP contribution in [-0.4, -0.2) is 15.0 Å². The van der Waals surface area contributed by atoms with Crippen molar-refractivity contribution < 1.29 is 0 Å². The van der Waals surface area contributed by atoms with Gasteiger partial charge in [-0.2, -0.15) is 0 Å². The van der Waals surface area contributed by atoms with Gasteiger partial charge in [0.25, 0.3) is 0 Å². The second kappa shape index (κ2) is 3.99. The number of fused-ring (bicyclic) bond motifs is 1. The number of imidazole rings is 1. The Morgan fingerprint density at radius 1 is 1.17 bits per heavy atom. The summed E-state index contributed by atoms with van der Waals surface area (Å²) in [6, 6.07) is 9.37. The molecule has 5 heteroatoms. The summed E-state index contributed by atoms with van der Waals surface area (Å²) in [5.41, 5.74) is 9.77. The second-order valence-corrected chi connectivity index (χ2v) is 4.52. The van der Waals surface area contributed by atoms with E-state index in [-0.39, 0.29) is 0 Å². The number of aromatic nitrogens is 3. The maximum absolute atomic E-state index is 6.01. The van der Waals surface area contributed by atoms with Crippen LogP contribution in [0, 0.1) is 6.92 Å². The number of aromatic amines is 1. The highest BCUT2D eigenvalue weighted by Gasteiger charge is 2.10. The standard InChI is InChI=1S/C13H11ClN4/c1-7-5-6-10-13(16-7)18-12(17-10)8-3-2-4-9(14)11(8)15/h2-6H,15H2,1H3,(H,16,17,18). The van der Waals surface area contributed by atoms with Crippen LogP contribution in [0.25, 0.3) is 22.6 Å². The van der Waals surface area contributed by atoms with Crippen molar-refractivity contribution in [3.05, 3.63) is 41.0 Å². The number of nitrogen functional groups attached to an aromatic ring is 1. The van der Waals surface area contributed by atoms with E-state index in [1.807, 2.05) is 31.2 Å². The van der Waals surface area contributed by atoms with E-state index < -0.39 is 0 Å².